The molecule has 0 aliphatic carbocycles. The summed E-state index contributed by atoms with van der Waals surface area (Å²) in [7, 11) is 0. The van der Waals surface area contributed by atoms with Crippen molar-refractivity contribution >= 4 is 17.3 Å². The van der Waals surface area contributed by atoms with Crippen LogP contribution in [0.15, 0.2) is 41.1 Å². The van der Waals surface area contributed by atoms with E-state index < -0.39 is 5.97 Å². The van der Waals surface area contributed by atoms with Gasteiger partial charge in [-0.25, -0.2) is 4.79 Å². The molecule has 1 heterocycles. The highest BCUT2D eigenvalue weighted by atomic mass is 32.1. The minimum absolute atomic E-state index is 0.331. The van der Waals surface area contributed by atoms with Gasteiger partial charge >= 0.3 is 5.97 Å². The number of thiophene rings is 1. The molecule has 0 saturated carbocycles. The molecule has 2 N–H and O–H groups in total. The summed E-state index contributed by atoms with van der Waals surface area (Å²) >= 11 is 1.71. The SMILES string of the molecule is O=C(O)c1ccc(CNCCc2ccsc2)cc1. The number of carboxylic acids is 1. The molecule has 0 radical (unpaired) electrons. The standard InChI is InChI=1S/C14H15NO2S/c16-14(17)13-3-1-11(2-4-13)9-15-7-5-12-6-8-18-10-12/h1-4,6,8,10,15H,5,7,9H2,(H,16,17). The fourth-order valence-electron chi connectivity index (χ4n) is 1.67. The van der Waals surface area contributed by atoms with Gasteiger partial charge in [-0.1, -0.05) is 12.1 Å². The lowest BCUT2D eigenvalue weighted by atomic mass is 10.1. The highest BCUT2D eigenvalue weighted by Crippen LogP contribution is 2.06. The Kier molecular flexibility index (Phi) is 4.50. The van der Waals surface area contributed by atoms with Crippen LogP contribution in [0.4, 0.5) is 0 Å². The van der Waals surface area contributed by atoms with Gasteiger partial charge in [-0.3, -0.25) is 0 Å². The van der Waals surface area contributed by atoms with Crippen molar-refractivity contribution in [3.63, 3.8) is 0 Å². The maximum atomic E-state index is 10.7. The first-order chi connectivity index (χ1) is 8.75. The Morgan fingerprint density at radius 3 is 2.56 bits per heavy atom. The van der Waals surface area contributed by atoms with Crippen LogP contribution in [0.2, 0.25) is 0 Å². The van der Waals surface area contributed by atoms with E-state index in [1.807, 2.05) is 12.1 Å². The second-order valence-electron chi connectivity index (χ2n) is 4.06. The molecule has 2 rings (SSSR count). The van der Waals surface area contributed by atoms with Gasteiger partial charge in [-0.2, -0.15) is 11.3 Å². The number of rotatable bonds is 6. The molecule has 0 unspecified atom stereocenters. The number of benzene rings is 1. The lowest BCUT2D eigenvalue weighted by Gasteiger charge is -2.04. The van der Waals surface area contributed by atoms with Crippen LogP contribution in [-0.2, 0) is 13.0 Å². The Labute approximate surface area is 110 Å². The lowest BCUT2D eigenvalue weighted by Crippen LogP contribution is -2.16. The third kappa shape index (κ3) is 3.68. The molecule has 0 bridgehead atoms. The van der Waals surface area contributed by atoms with E-state index in [-0.39, 0.29) is 0 Å². The third-order valence-corrected chi connectivity index (χ3v) is 3.43. The molecule has 4 heteroatoms. The number of hydrogen-bond donors (Lipinski definition) is 2. The van der Waals surface area contributed by atoms with Crippen molar-refractivity contribution in [2.75, 3.05) is 6.54 Å². The predicted octanol–water partition coefficient (Wildman–Crippen LogP) is 2.78. The molecule has 18 heavy (non-hydrogen) atoms. The highest BCUT2D eigenvalue weighted by molar-refractivity contribution is 7.07. The van der Waals surface area contributed by atoms with Gasteiger partial charge in [0.15, 0.2) is 0 Å². The molecule has 0 aliphatic heterocycles. The van der Waals surface area contributed by atoms with E-state index in [1.54, 1.807) is 23.5 Å². The largest absolute Gasteiger partial charge is 0.478 e. The lowest BCUT2D eigenvalue weighted by molar-refractivity contribution is 0.0697. The number of carboxylic acid groups (broad SMARTS) is 1. The molecule has 0 spiro atoms. The Morgan fingerprint density at radius 1 is 1.17 bits per heavy atom. The summed E-state index contributed by atoms with van der Waals surface area (Å²) in [5.74, 6) is -0.882. The molecule has 2 aromatic rings. The second-order valence-corrected chi connectivity index (χ2v) is 4.84. The van der Waals surface area contributed by atoms with E-state index in [0.29, 0.717) is 5.56 Å². The molecule has 0 aliphatic rings. The topological polar surface area (TPSA) is 49.3 Å². The summed E-state index contributed by atoms with van der Waals surface area (Å²) in [6.07, 6.45) is 1.02. The van der Waals surface area contributed by atoms with Crippen molar-refractivity contribution in [1.82, 2.24) is 5.32 Å². The zero-order valence-corrected chi connectivity index (χ0v) is 10.7. The van der Waals surface area contributed by atoms with Gasteiger partial charge in [0.25, 0.3) is 0 Å². The maximum Gasteiger partial charge on any atom is 0.335 e. The summed E-state index contributed by atoms with van der Waals surface area (Å²) in [5, 5.41) is 16.4. The van der Waals surface area contributed by atoms with Crippen LogP contribution in [0, 0.1) is 0 Å². The number of nitrogens with one attached hydrogen (secondary N) is 1. The van der Waals surface area contributed by atoms with Crippen LogP contribution in [0.5, 0.6) is 0 Å². The Bertz CT molecular complexity index is 491. The molecular formula is C14H15NO2S. The van der Waals surface area contributed by atoms with E-state index in [0.717, 1.165) is 25.1 Å². The quantitative estimate of drug-likeness (QED) is 0.786. The van der Waals surface area contributed by atoms with Gasteiger partial charge in [0.05, 0.1) is 5.56 Å². The zero-order chi connectivity index (χ0) is 12.8. The fourth-order valence-corrected chi connectivity index (χ4v) is 2.37. The molecule has 3 nitrogen and oxygen atoms in total. The predicted molar refractivity (Wildman–Crippen MR) is 73.1 cm³/mol. The number of carbonyl (C=O) groups is 1. The van der Waals surface area contributed by atoms with Gasteiger partial charge in [-0.15, -0.1) is 0 Å². The summed E-state index contributed by atoms with van der Waals surface area (Å²) in [6.45, 7) is 1.70. The first-order valence-electron chi connectivity index (χ1n) is 5.80. The smallest absolute Gasteiger partial charge is 0.335 e. The third-order valence-electron chi connectivity index (χ3n) is 2.70. The molecule has 0 saturated heterocycles. The maximum absolute atomic E-state index is 10.7. The van der Waals surface area contributed by atoms with Crippen LogP contribution < -0.4 is 5.32 Å². The van der Waals surface area contributed by atoms with Crippen molar-refractivity contribution in [2.45, 2.75) is 13.0 Å². The first-order valence-corrected chi connectivity index (χ1v) is 6.74. The van der Waals surface area contributed by atoms with E-state index in [1.165, 1.54) is 5.56 Å². The van der Waals surface area contributed by atoms with Crippen molar-refractivity contribution in [2.24, 2.45) is 0 Å². The molecule has 94 valence electrons. The molecule has 0 amide bonds. The van der Waals surface area contributed by atoms with Gasteiger partial charge in [-0.05, 0) is 53.1 Å². The first kappa shape index (κ1) is 12.8. The van der Waals surface area contributed by atoms with Gasteiger partial charge in [0.1, 0.15) is 0 Å². The van der Waals surface area contributed by atoms with Crippen molar-refractivity contribution in [3.8, 4) is 0 Å². The van der Waals surface area contributed by atoms with E-state index in [2.05, 4.69) is 22.1 Å². The number of hydrogen-bond acceptors (Lipinski definition) is 3. The zero-order valence-electron chi connectivity index (χ0n) is 9.93. The average Bonchev–Trinajstić information content (AvgIpc) is 2.88. The van der Waals surface area contributed by atoms with Gasteiger partial charge < -0.3 is 10.4 Å². The van der Waals surface area contributed by atoms with Gasteiger partial charge in [0.2, 0.25) is 0 Å². The molecule has 0 fully saturated rings. The summed E-state index contributed by atoms with van der Waals surface area (Å²) in [6, 6.07) is 9.10. The summed E-state index contributed by atoms with van der Waals surface area (Å²) in [5.41, 5.74) is 2.79. The van der Waals surface area contributed by atoms with Crippen LogP contribution in [0.25, 0.3) is 0 Å². The molecule has 0 atom stereocenters. The second kappa shape index (κ2) is 6.33. The molecular weight excluding hydrogens is 246 g/mol. The van der Waals surface area contributed by atoms with E-state index in [9.17, 15) is 4.79 Å². The minimum Gasteiger partial charge on any atom is -0.478 e. The fraction of sp³-hybridized carbons (Fsp3) is 0.214. The minimum atomic E-state index is -0.882. The Hall–Kier alpha value is -1.65. The van der Waals surface area contributed by atoms with Crippen molar-refractivity contribution in [1.29, 1.82) is 0 Å². The summed E-state index contributed by atoms with van der Waals surface area (Å²) in [4.78, 5) is 10.7. The van der Waals surface area contributed by atoms with Crippen molar-refractivity contribution < 1.29 is 9.90 Å². The summed E-state index contributed by atoms with van der Waals surface area (Å²) < 4.78 is 0. The van der Waals surface area contributed by atoms with Gasteiger partial charge in [0, 0.05) is 6.54 Å². The van der Waals surface area contributed by atoms with Crippen LogP contribution in [0.3, 0.4) is 0 Å². The number of aromatic carboxylic acids is 1. The normalized spacial score (nSPS) is 10.4. The molecule has 1 aromatic carbocycles. The Balaban J connectivity index is 1.75. The monoisotopic (exact) mass is 261 g/mol. The van der Waals surface area contributed by atoms with Crippen LogP contribution in [0.1, 0.15) is 21.5 Å². The van der Waals surface area contributed by atoms with E-state index >= 15 is 0 Å². The van der Waals surface area contributed by atoms with Crippen LogP contribution in [-0.4, -0.2) is 17.6 Å². The average molecular weight is 261 g/mol. The highest BCUT2D eigenvalue weighted by Gasteiger charge is 2.01. The van der Waals surface area contributed by atoms with E-state index in [4.69, 9.17) is 5.11 Å². The molecule has 1 aromatic heterocycles. The Morgan fingerprint density at radius 2 is 1.94 bits per heavy atom. The van der Waals surface area contributed by atoms with Crippen LogP contribution >= 0.6 is 11.3 Å². The van der Waals surface area contributed by atoms with Crippen molar-refractivity contribution in [3.05, 3.63) is 57.8 Å².